The number of sulfone groups is 1. The van der Waals surface area contributed by atoms with E-state index in [0.717, 1.165) is 27.9 Å². The van der Waals surface area contributed by atoms with Gasteiger partial charge in [-0.25, -0.2) is 8.42 Å². The SMILES string of the molecule is Cc1cc(/C(C[C@H](c2ccc(S(C)(=O)=O)cc2)c2ccccc2C)=N\O)ccn1. The number of hydrogen-bond donors (Lipinski definition) is 1. The van der Waals surface area contributed by atoms with Gasteiger partial charge in [0.25, 0.3) is 0 Å². The van der Waals surface area contributed by atoms with Crippen LogP contribution in [-0.2, 0) is 9.84 Å². The third kappa shape index (κ3) is 4.90. The van der Waals surface area contributed by atoms with E-state index in [0.29, 0.717) is 12.1 Å². The van der Waals surface area contributed by atoms with E-state index < -0.39 is 9.84 Å². The second-order valence-electron chi connectivity index (χ2n) is 7.19. The maximum atomic E-state index is 11.8. The van der Waals surface area contributed by atoms with E-state index in [-0.39, 0.29) is 10.8 Å². The van der Waals surface area contributed by atoms with Crippen molar-refractivity contribution in [3.63, 3.8) is 0 Å². The number of benzene rings is 2. The summed E-state index contributed by atoms with van der Waals surface area (Å²) in [5.74, 6) is -0.0934. The first-order valence-corrected chi connectivity index (χ1v) is 11.2. The van der Waals surface area contributed by atoms with E-state index in [4.69, 9.17) is 0 Å². The van der Waals surface area contributed by atoms with Crippen LogP contribution in [0.1, 0.15) is 40.3 Å². The van der Waals surface area contributed by atoms with E-state index in [1.54, 1.807) is 18.3 Å². The number of nitrogens with zero attached hydrogens (tertiary/aromatic N) is 2. The summed E-state index contributed by atoms with van der Waals surface area (Å²) in [5.41, 5.74) is 5.38. The molecule has 1 heterocycles. The molecule has 3 aromatic rings. The highest BCUT2D eigenvalue weighted by Crippen LogP contribution is 2.32. The molecule has 0 spiro atoms. The van der Waals surface area contributed by atoms with Crippen LogP contribution in [0, 0.1) is 13.8 Å². The largest absolute Gasteiger partial charge is 0.411 e. The summed E-state index contributed by atoms with van der Waals surface area (Å²) in [6, 6.07) is 18.7. The molecule has 3 rings (SSSR count). The summed E-state index contributed by atoms with van der Waals surface area (Å²) in [7, 11) is -3.26. The molecular formula is C23H24N2O3S. The molecule has 1 N–H and O–H groups in total. The van der Waals surface area contributed by atoms with E-state index in [9.17, 15) is 13.6 Å². The van der Waals surface area contributed by atoms with E-state index >= 15 is 0 Å². The lowest BCUT2D eigenvalue weighted by molar-refractivity contribution is 0.317. The first-order chi connectivity index (χ1) is 13.8. The molecule has 0 aliphatic carbocycles. The molecule has 29 heavy (non-hydrogen) atoms. The highest BCUT2D eigenvalue weighted by molar-refractivity contribution is 7.90. The van der Waals surface area contributed by atoms with Gasteiger partial charge in [-0.1, -0.05) is 41.6 Å². The van der Waals surface area contributed by atoms with Gasteiger partial charge in [0.2, 0.25) is 0 Å². The Labute approximate surface area is 171 Å². The fraction of sp³-hybridized carbons (Fsp3) is 0.217. The number of hydrogen-bond acceptors (Lipinski definition) is 5. The molecular weight excluding hydrogens is 384 g/mol. The second-order valence-corrected chi connectivity index (χ2v) is 9.20. The lowest BCUT2D eigenvalue weighted by atomic mass is 9.83. The Morgan fingerprint density at radius 3 is 2.34 bits per heavy atom. The number of aryl methyl sites for hydroxylation is 2. The Kier molecular flexibility index (Phi) is 6.13. The second kappa shape index (κ2) is 8.57. The van der Waals surface area contributed by atoms with Gasteiger partial charge in [0.05, 0.1) is 10.6 Å². The fourth-order valence-corrected chi connectivity index (χ4v) is 4.10. The third-order valence-electron chi connectivity index (χ3n) is 5.02. The zero-order valence-corrected chi connectivity index (χ0v) is 17.5. The van der Waals surface area contributed by atoms with Gasteiger partial charge in [0, 0.05) is 36.0 Å². The minimum atomic E-state index is -3.26. The summed E-state index contributed by atoms with van der Waals surface area (Å²) in [6.07, 6.45) is 3.35. The highest BCUT2D eigenvalue weighted by Gasteiger charge is 2.21. The van der Waals surface area contributed by atoms with Crippen LogP contribution in [0.4, 0.5) is 0 Å². The summed E-state index contributed by atoms with van der Waals surface area (Å²) in [5, 5.41) is 13.3. The van der Waals surface area contributed by atoms with Crippen molar-refractivity contribution in [3.05, 3.63) is 94.8 Å². The summed E-state index contributed by atoms with van der Waals surface area (Å²) >= 11 is 0. The van der Waals surface area contributed by atoms with Crippen molar-refractivity contribution in [3.8, 4) is 0 Å². The average molecular weight is 409 g/mol. The van der Waals surface area contributed by atoms with Crippen LogP contribution in [0.25, 0.3) is 0 Å². The molecule has 0 radical (unpaired) electrons. The van der Waals surface area contributed by atoms with Gasteiger partial charge in [-0.2, -0.15) is 0 Å². The van der Waals surface area contributed by atoms with Gasteiger partial charge in [-0.15, -0.1) is 0 Å². The van der Waals surface area contributed by atoms with Crippen LogP contribution in [0.3, 0.4) is 0 Å². The van der Waals surface area contributed by atoms with Crippen LogP contribution in [0.2, 0.25) is 0 Å². The van der Waals surface area contributed by atoms with E-state index in [1.165, 1.54) is 6.26 Å². The van der Waals surface area contributed by atoms with Gasteiger partial charge >= 0.3 is 0 Å². The van der Waals surface area contributed by atoms with Gasteiger partial charge in [0.15, 0.2) is 9.84 Å². The van der Waals surface area contributed by atoms with Crippen LogP contribution >= 0.6 is 0 Å². The molecule has 0 aliphatic rings. The van der Waals surface area contributed by atoms with Crippen molar-refractivity contribution < 1.29 is 13.6 Å². The summed E-state index contributed by atoms with van der Waals surface area (Å²) in [6.45, 7) is 3.93. The Bertz CT molecular complexity index is 1140. The van der Waals surface area contributed by atoms with Gasteiger partial charge in [-0.05, 0) is 54.8 Å². The maximum Gasteiger partial charge on any atom is 0.175 e. The molecule has 6 heteroatoms. The quantitative estimate of drug-likeness (QED) is 0.370. The molecule has 0 fully saturated rings. The molecule has 5 nitrogen and oxygen atoms in total. The zero-order valence-electron chi connectivity index (χ0n) is 16.7. The van der Waals surface area contributed by atoms with Crippen LogP contribution < -0.4 is 0 Å². The molecule has 1 atom stereocenters. The van der Waals surface area contributed by atoms with Gasteiger partial charge in [-0.3, -0.25) is 4.98 Å². The molecule has 0 aliphatic heterocycles. The molecule has 0 unspecified atom stereocenters. The minimum Gasteiger partial charge on any atom is -0.411 e. The molecule has 0 saturated heterocycles. The normalized spacial score (nSPS) is 13.3. The van der Waals surface area contributed by atoms with E-state index in [1.807, 2.05) is 56.3 Å². The predicted molar refractivity (Wildman–Crippen MR) is 114 cm³/mol. The van der Waals surface area contributed by atoms with Crippen LogP contribution in [-0.4, -0.2) is 30.6 Å². The topological polar surface area (TPSA) is 79.6 Å². The molecule has 0 bridgehead atoms. The lowest BCUT2D eigenvalue weighted by Gasteiger charge is -2.21. The molecule has 0 saturated carbocycles. The Morgan fingerprint density at radius 1 is 1.07 bits per heavy atom. The third-order valence-corrected chi connectivity index (χ3v) is 6.15. The van der Waals surface area contributed by atoms with Crippen molar-refractivity contribution in [2.45, 2.75) is 31.1 Å². The van der Waals surface area contributed by atoms with Crippen molar-refractivity contribution in [1.29, 1.82) is 0 Å². The Morgan fingerprint density at radius 2 is 1.76 bits per heavy atom. The summed E-state index contributed by atoms with van der Waals surface area (Å²) < 4.78 is 23.6. The molecule has 0 amide bonds. The molecule has 2 aromatic carbocycles. The average Bonchev–Trinajstić information content (AvgIpc) is 2.69. The predicted octanol–water partition coefficient (Wildman–Crippen LogP) is 4.50. The lowest BCUT2D eigenvalue weighted by Crippen LogP contribution is -2.12. The van der Waals surface area contributed by atoms with Crippen molar-refractivity contribution >= 4 is 15.5 Å². The number of pyridine rings is 1. The van der Waals surface area contributed by atoms with Crippen molar-refractivity contribution in [2.24, 2.45) is 5.16 Å². The summed E-state index contributed by atoms with van der Waals surface area (Å²) in [4.78, 5) is 4.49. The minimum absolute atomic E-state index is 0.0934. The standard InChI is InChI=1S/C23H24N2O3S/c1-16-6-4-5-7-21(16)22(18-8-10-20(11-9-18)29(3,27)28)15-23(25-26)19-12-13-24-17(2)14-19/h4-14,22,26H,15H2,1-3H3/b25-23-/t22-/m1/s1. The van der Waals surface area contributed by atoms with Gasteiger partial charge in [0.1, 0.15) is 0 Å². The first kappa shape index (κ1) is 20.7. The van der Waals surface area contributed by atoms with E-state index in [2.05, 4.69) is 16.2 Å². The number of oxime groups is 1. The number of aromatic nitrogens is 1. The fourth-order valence-electron chi connectivity index (χ4n) is 3.47. The Hall–Kier alpha value is -2.99. The highest BCUT2D eigenvalue weighted by atomic mass is 32.2. The molecule has 1 aromatic heterocycles. The van der Waals surface area contributed by atoms with Crippen LogP contribution in [0.15, 0.2) is 76.9 Å². The monoisotopic (exact) mass is 408 g/mol. The van der Waals surface area contributed by atoms with Crippen LogP contribution in [0.5, 0.6) is 0 Å². The number of rotatable bonds is 6. The maximum absolute atomic E-state index is 11.8. The smallest absolute Gasteiger partial charge is 0.175 e. The first-order valence-electron chi connectivity index (χ1n) is 9.29. The van der Waals surface area contributed by atoms with Gasteiger partial charge < -0.3 is 5.21 Å². The van der Waals surface area contributed by atoms with Crippen molar-refractivity contribution in [1.82, 2.24) is 4.98 Å². The Balaban J connectivity index is 2.05. The molecule has 150 valence electrons. The zero-order chi connectivity index (χ0) is 21.0. The van der Waals surface area contributed by atoms with Crippen molar-refractivity contribution in [2.75, 3.05) is 6.26 Å².